The molecular formula is C16H18ClNO3S. The molecule has 22 heavy (non-hydrogen) atoms. The zero-order chi connectivity index (χ0) is 15.7. The predicted octanol–water partition coefficient (Wildman–Crippen LogP) is 3.52. The second kappa shape index (κ2) is 6.14. The zero-order valence-corrected chi connectivity index (χ0v) is 13.8. The lowest BCUT2D eigenvalue weighted by Crippen LogP contribution is -2.49. The molecule has 0 bridgehead atoms. The molecule has 2 aromatic rings. The maximum atomic E-state index is 12.3. The molecule has 0 saturated carbocycles. The molecule has 1 aromatic heterocycles. The Kier molecular flexibility index (Phi) is 4.39. The quantitative estimate of drug-likeness (QED) is 0.898. The van der Waals surface area contributed by atoms with Crippen molar-refractivity contribution in [1.82, 2.24) is 5.32 Å². The van der Waals surface area contributed by atoms with Gasteiger partial charge in [0.25, 0.3) is 5.91 Å². The van der Waals surface area contributed by atoms with Crippen molar-refractivity contribution in [3.63, 3.8) is 0 Å². The number of halogens is 1. The number of fused-ring (bicyclic) bond motifs is 1. The van der Waals surface area contributed by atoms with E-state index in [-0.39, 0.29) is 11.9 Å². The Hall–Kier alpha value is -1.17. The van der Waals surface area contributed by atoms with Gasteiger partial charge in [-0.25, -0.2) is 0 Å². The molecule has 6 heteroatoms. The van der Waals surface area contributed by atoms with E-state index in [4.69, 9.17) is 16.0 Å². The van der Waals surface area contributed by atoms with Crippen molar-refractivity contribution in [3.05, 3.63) is 35.0 Å². The SMILES string of the molecule is C[C@@H](NC(=O)C1(O)CCSCC1)c1cc2cc(Cl)ccc2o1. The van der Waals surface area contributed by atoms with Gasteiger partial charge in [-0.1, -0.05) is 11.6 Å². The maximum absolute atomic E-state index is 12.3. The Balaban J connectivity index is 1.75. The lowest BCUT2D eigenvalue weighted by atomic mass is 9.95. The first kappa shape index (κ1) is 15.7. The molecule has 1 amide bonds. The molecule has 118 valence electrons. The fourth-order valence-corrected chi connectivity index (χ4v) is 3.94. The van der Waals surface area contributed by atoms with Crippen LogP contribution in [0.15, 0.2) is 28.7 Å². The number of benzene rings is 1. The van der Waals surface area contributed by atoms with E-state index >= 15 is 0 Å². The summed E-state index contributed by atoms with van der Waals surface area (Å²) in [6.07, 6.45) is 0.984. The van der Waals surface area contributed by atoms with Gasteiger partial charge in [0.15, 0.2) is 0 Å². The fourth-order valence-electron chi connectivity index (χ4n) is 2.59. The molecule has 2 N–H and O–H groups in total. The normalized spacial score (nSPS) is 19.0. The summed E-state index contributed by atoms with van der Waals surface area (Å²) >= 11 is 7.73. The van der Waals surface area contributed by atoms with Gasteiger partial charge in [0.05, 0.1) is 6.04 Å². The van der Waals surface area contributed by atoms with E-state index in [2.05, 4.69) is 5.32 Å². The molecule has 0 unspecified atom stereocenters. The smallest absolute Gasteiger partial charge is 0.252 e. The molecule has 1 atom stereocenters. The molecular weight excluding hydrogens is 322 g/mol. The summed E-state index contributed by atoms with van der Waals surface area (Å²) in [7, 11) is 0. The van der Waals surface area contributed by atoms with Crippen molar-refractivity contribution >= 4 is 40.2 Å². The van der Waals surface area contributed by atoms with Crippen molar-refractivity contribution in [2.45, 2.75) is 31.4 Å². The van der Waals surface area contributed by atoms with Crippen LogP contribution in [0.5, 0.6) is 0 Å². The molecule has 0 aliphatic carbocycles. The third-order valence-electron chi connectivity index (χ3n) is 4.01. The van der Waals surface area contributed by atoms with E-state index in [9.17, 15) is 9.90 Å². The Labute approximate surface area is 138 Å². The van der Waals surface area contributed by atoms with Crippen molar-refractivity contribution in [1.29, 1.82) is 0 Å². The number of rotatable bonds is 3. The molecule has 0 spiro atoms. The second-order valence-corrected chi connectivity index (χ2v) is 7.33. The number of carbonyl (C=O) groups is 1. The van der Waals surface area contributed by atoms with E-state index < -0.39 is 5.60 Å². The minimum atomic E-state index is -1.26. The van der Waals surface area contributed by atoms with E-state index in [1.54, 1.807) is 17.8 Å². The Bertz CT molecular complexity index is 694. The first-order chi connectivity index (χ1) is 10.5. The molecule has 0 radical (unpaired) electrons. The van der Waals surface area contributed by atoms with E-state index in [1.807, 2.05) is 25.1 Å². The van der Waals surface area contributed by atoms with Crippen LogP contribution in [0.3, 0.4) is 0 Å². The molecule has 1 aliphatic heterocycles. The average molecular weight is 340 g/mol. The van der Waals surface area contributed by atoms with Crippen molar-refractivity contribution in [2.75, 3.05) is 11.5 Å². The summed E-state index contributed by atoms with van der Waals surface area (Å²) in [4.78, 5) is 12.3. The number of amides is 1. The fraction of sp³-hybridized carbons (Fsp3) is 0.438. The van der Waals surface area contributed by atoms with Crippen LogP contribution in [-0.4, -0.2) is 28.1 Å². The van der Waals surface area contributed by atoms with Crippen molar-refractivity contribution in [3.8, 4) is 0 Å². The second-order valence-electron chi connectivity index (χ2n) is 5.67. The number of hydrogen-bond donors (Lipinski definition) is 2. The van der Waals surface area contributed by atoms with Gasteiger partial charge in [0, 0.05) is 10.4 Å². The highest BCUT2D eigenvalue weighted by molar-refractivity contribution is 7.99. The highest BCUT2D eigenvalue weighted by Gasteiger charge is 2.38. The van der Waals surface area contributed by atoms with E-state index in [0.29, 0.717) is 23.6 Å². The van der Waals surface area contributed by atoms with Crippen LogP contribution < -0.4 is 5.32 Å². The molecule has 2 heterocycles. The summed E-state index contributed by atoms with van der Waals surface area (Å²) in [5.74, 6) is 1.95. The molecule has 1 aromatic carbocycles. The molecule has 1 aliphatic rings. The van der Waals surface area contributed by atoms with Crippen LogP contribution in [0.4, 0.5) is 0 Å². The van der Waals surface area contributed by atoms with Gasteiger partial charge in [-0.15, -0.1) is 0 Å². The number of furan rings is 1. The molecule has 1 saturated heterocycles. The van der Waals surface area contributed by atoms with Gasteiger partial charge in [-0.05, 0) is 55.5 Å². The van der Waals surface area contributed by atoms with Crippen molar-refractivity contribution in [2.24, 2.45) is 0 Å². The number of nitrogens with one attached hydrogen (secondary N) is 1. The highest BCUT2D eigenvalue weighted by atomic mass is 35.5. The number of hydrogen-bond acceptors (Lipinski definition) is 4. The maximum Gasteiger partial charge on any atom is 0.252 e. The first-order valence-electron chi connectivity index (χ1n) is 7.28. The third-order valence-corrected chi connectivity index (χ3v) is 5.24. The predicted molar refractivity (Wildman–Crippen MR) is 89.3 cm³/mol. The first-order valence-corrected chi connectivity index (χ1v) is 8.81. The minimum Gasteiger partial charge on any atom is -0.459 e. The Morgan fingerprint density at radius 3 is 2.86 bits per heavy atom. The van der Waals surface area contributed by atoms with Gasteiger partial charge in [-0.2, -0.15) is 11.8 Å². The topological polar surface area (TPSA) is 62.5 Å². The molecule has 3 rings (SSSR count). The van der Waals surface area contributed by atoms with Crippen LogP contribution >= 0.6 is 23.4 Å². The Morgan fingerprint density at radius 2 is 2.14 bits per heavy atom. The van der Waals surface area contributed by atoms with Crippen LogP contribution in [0.1, 0.15) is 31.6 Å². The standard InChI is InChI=1S/C16H18ClNO3S/c1-10(18-15(19)16(20)4-6-22-7-5-16)14-9-11-8-12(17)2-3-13(11)21-14/h2-3,8-10,20H,4-7H2,1H3,(H,18,19)/t10-/m1/s1. The van der Waals surface area contributed by atoms with Crippen LogP contribution in [0.2, 0.25) is 5.02 Å². The van der Waals surface area contributed by atoms with Gasteiger partial charge in [0.2, 0.25) is 0 Å². The summed E-state index contributed by atoms with van der Waals surface area (Å²) in [6, 6.07) is 6.96. The summed E-state index contributed by atoms with van der Waals surface area (Å²) in [5.41, 5.74) is -0.525. The van der Waals surface area contributed by atoms with Crippen molar-refractivity contribution < 1.29 is 14.3 Å². The third kappa shape index (κ3) is 3.12. The number of carbonyl (C=O) groups excluding carboxylic acids is 1. The van der Waals surface area contributed by atoms with Crippen LogP contribution in [0.25, 0.3) is 11.0 Å². The molecule has 1 fully saturated rings. The van der Waals surface area contributed by atoms with Crippen LogP contribution in [0, 0.1) is 0 Å². The average Bonchev–Trinajstić information content (AvgIpc) is 2.91. The van der Waals surface area contributed by atoms with Gasteiger partial charge < -0.3 is 14.8 Å². The zero-order valence-electron chi connectivity index (χ0n) is 12.3. The highest BCUT2D eigenvalue weighted by Crippen LogP contribution is 2.29. The van der Waals surface area contributed by atoms with Gasteiger partial charge in [-0.3, -0.25) is 4.79 Å². The molecule has 4 nitrogen and oxygen atoms in total. The number of thioether (sulfide) groups is 1. The lowest BCUT2D eigenvalue weighted by molar-refractivity contribution is -0.141. The summed E-state index contributed by atoms with van der Waals surface area (Å²) in [5, 5.41) is 14.8. The van der Waals surface area contributed by atoms with E-state index in [0.717, 1.165) is 22.5 Å². The summed E-state index contributed by atoms with van der Waals surface area (Å²) in [6.45, 7) is 1.85. The van der Waals surface area contributed by atoms with E-state index in [1.165, 1.54) is 0 Å². The summed E-state index contributed by atoms with van der Waals surface area (Å²) < 4.78 is 5.75. The minimum absolute atomic E-state index is 0.308. The monoisotopic (exact) mass is 339 g/mol. The van der Waals surface area contributed by atoms with Gasteiger partial charge >= 0.3 is 0 Å². The lowest BCUT2D eigenvalue weighted by Gasteiger charge is -2.31. The number of aliphatic hydroxyl groups is 1. The Morgan fingerprint density at radius 1 is 1.41 bits per heavy atom. The van der Waals surface area contributed by atoms with Gasteiger partial charge in [0.1, 0.15) is 16.9 Å². The van der Waals surface area contributed by atoms with Crippen LogP contribution in [-0.2, 0) is 4.79 Å². The largest absolute Gasteiger partial charge is 0.459 e.